The fourth-order valence-electron chi connectivity index (χ4n) is 2.95. The first-order chi connectivity index (χ1) is 8.31. The van der Waals surface area contributed by atoms with Gasteiger partial charge in [-0.05, 0) is 59.7 Å². The fraction of sp³-hybridized carbons (Fsp3) is 0.375. The molecule has 0 atom stereocenters. The molecule has 2 nitrogen and oxygen atoms in total. The zero-order valence-corrected chi connectivity index (χ0v) is 11.4. The average Bonchev–Trinajstić information content (AvgIpc) is 2.18. The van der Waals surface area contributed by atoms with E-state index in [2.05, 4.69) is 13.8 Å². The van der Waals surface area contributed by atoms with Gasteiger partial charge in [-0.25, -0.2) is 0 Å². The maximum atomic E-state index is 9.78. The van der Waals surface area contributed by atoms with Gasteiger partial charge in [-0.2, -0.15) is 0 Å². The molecule has 0 heterocycles. The molecule has 0 saturated carbocycles. The first-order valence-corrected chi connectivity index (χ1v) is 6.22. The minimum atomic E-state index is -0.0926. The van der Waals surface area contributed by atoms with Crippen molar-refractivity contribution >= 4 is 5.57 Å². The molecule has 2 rings (SSSR count). The summed E-state index contributed by atoms with van der Waals surface area (Å²) in [4.78, 5) is 0. The third kappa shape index (κ3) is 2.15. The van der Waals surface area contributed by atoms with Gasteiger partial charge in [0.1, 0.15) is 5.75 Å². The number of aliphatic hydroxyl groups excluding tert-OH is 1. The van der Waals surface area contributed by atoms with Crippen LogP contribution in [0.25, 0.3) is 5.57 Å². The van der Waals surface area contributed by atoms with E-state index in [0.717, 1.165) is 16.7 Å². The number of aliphatic hydroxyl groups is 1. The predicted octanol–water partition coefficient (Wildman–Crippen LogP) is 4.35. The Kier molecular flexibility index (Phi) is 2.97. The van der Waals surface area contributed by atoms with Gasteiger partial charge in [0.15, 0.2) is 0 Å². The van der Waals surface area contributed by atoms with Crippen LogP contribution in [0.3, 0.4) is 0 Å². The van der Waals surface area contributed by atoms with Crippen molar-refractivity contribution < 1.29 is 10.2 Å². The van der Waals surface area contributed by atoms with Gasteiger partial charge in [0.25, 0.3) is 0 Å². The summed E-state index contributed by atoms with van der Waals surface area (Å²) in [6.45, 7) is 8.31. The average molecular weight is 244 g/mol. The summed E-state index contributed by atoms with van der Waals surface area (Å²) in [6.07, 6.45) is 2.49. The molecule has 2 N–H and O–H groups in total. The second kappa shape index (κ2) is 4.20. The van der Waals surface area contributed by atoms with Crippen LogP contribution < -0.4 is 0 Å². The van der Waals surface area contributed by atoms with Gasteiger partial charge in [-0.1, -0.05) is 19.9 Å². The minimum Gasteiger partial charge on any atom is -0.512 e. The molecular weight excluding hydrogens is 224 g/mol. The van der Waals surface area contributed by atoms with Crippen molar-refractivity contribution in [3.8, 4) is 5.75 Å². The lowest BCUT2D eigenvalue weighted by atomic mass is 9.71. The number of aryl methyl sites for hydroxylation is 1. The number of aromatic hydroxyl groups is 1. The molecule has 0 radical (unpaired) electrons. The Balaban J connectivity index is 2.64. The number of rotatable bonds is 1. The Morgan fingerprint density at radius 2 is 1.78 bits per heavy atom. The lowest BCUT2D eigenvalue weighted by Crippen LogP contribution is -2.20. The fourth-order valence-corrected chi connectivity index (χ4v) is 2.95. The van der Waals surface area contributed by atoms with Gasteiger partial charge >= 0.3 is 0 Å². The van der Waals surface area contributed by atoms with Crippen LogP contribution in [0, 0.1) is 12.3 Å². The standard InChI is InChI=1S/C16H20O2/c1-10-7-12(17)5-6-14(10)15-11(2)8-13(18)9-16(15,3)4/h5-8,17-18H,9H2,1-4H3. The maximum Gasteiger partial charge on any atom is 0.115 e. The Labute approximate surface area is 108 Å². The van der Waals surface area contributed by atoms with Crippen molar-refractivity contribution in [2.24, 2.45) is 5.41 Å². The van der Waals surface area contributed by atoms with Gasteiger partial charge in [0.2, 0.25) is 0 Å². The van der Waals surface area contributed by atoms with Crippen LogP contribution in [-0.4, -0.2) is 10.2 Å². The second-order valence-corrected chi connectivity index (χ2v) is 5.75. The van der Waals surface area contributed by atoms with Gasteiger partial charge in [0.05, 0.1) is 5.76 Å². The van der Waals surface area contributed by atoms with Crippen molar-refractivity contribution in [3.05, 3.63) is 46.7 Å². The zero-order chi connectivity index (χ0) is 13.5. The molecule has 0 spiro atoms. The maximum absolute atomic E-state index is 9.78. The van der Waals surface area contributed by atoms with Crippen molar-refractivity contribution in [1.29, 1.82) is 0 Å². The number of phenols is 1. The molecule has 1 aromatic carbocycles. The number of hydrogen-bond acceptors (Lipinski definition) is 2. The molecule has 18 heavy (non-hydrogen) atoms. The first kappa shape index (κ1) is 12.7. The number of benzene rings is 1. The van der Waals surface area contributed by atoms with E-state index in [1.165, 1.54) is 5.57 Å². The van der Waals surface area contributed by atoms with Gasteiger partial charge in [-0.3, -0.25) is 0 Å². The molecule has 1 aliphatic rings. The van der Waals surface area contributed by atoms with Crippen LogP contribution >= 0.6 is 0 Å². The highest BCUT2D eigenvalue weighted by molar-refractivity contribution is 5.78. The van der Waals surface area contributed by atoms with E-state index in [1.54, 1.807) is 12.1 Å². The molecule has 0 fully saturated rings. The normalized spacial score (nSPS) is 18.8. The van der Waals surface area contributed by atoms with E-state index >= 15 is 0 Å². The summed E-state index contributed by atoms with van der Waals surface area (Å²) in [6, 6.07) is 5.46. The zero-order valence-electron chi connectivity index (χ0n) is 11.4. The smallest absolute Gasteiger partial charge is 0.115 e. The highest BCUT2D eigenvalue weighted by Crippen LogP contribution is 2.46. The highest BCUT2D eigenvalue weighted by atomic mass is 16.3. The van der Waals surface area contributed by atoms with Gasteiger partial charge in [0, 0.05) is 6.42 Å². The topological polar surface area (TPSA) is 40.5 Å². The molecule has 0 bridgehead atoms. The van der Waals surface area contributed by atoms with E-state index < -0.39 is 0 Å². The molecule has 2 heteroatoms. The van der Waals surface area contributed by atoms with E-state index in [-0.39, 0.29) is 5.41 Å². The van der Waals surface area contributed by atoms with Crippen LogP contribution in [0.4, 0.5) is 0 Å². The molecule has 0 unspecified atom stereocenters. The Hall–Kier alpha value is -1.70. The van der Waals surface area contributed by atoms with Gasteiger partial charge < -0.3 is 10.2 Å². The largest absolute Gasteiger partial charge is 0.512 e. The number of hydrogen-bond donors (Lipinski definition) is 2. The Bertz CT molecular complexity index is 548. The molecule has 96 valence electrons. The SMILES string of the molecule is CC1=C(c2ccc(O)cc2C)C(C)(C)CC(O)=C1. The van der Waals surface area contributed by atoms with Crippen LogP contribution in [0.15, 0.2) is 35.6 Å². The Morgan fingerprint density at radius 1 is 1.11 bits per heavy atom. The van der Waals surface area contributed by atoms with Crippen LogP contribution in [-0.2, 0) is 0 Å². The quantitative estimate of drug-likeness (QED) is 0.771. The second-order valence-electron chi connectivity index (χ2n) is 5.75. The van der Waals surface area contributed by atoms with Crippen molar-refractivity contribution in [2.75, 3.05) is 0 Å². The molecule has 0 aromatic heterocycles. The van der Waals surface area contributed by atoms with Crippen molar-refractivity contribution in [3.63, 3.8) is 0 Å². The van der Waals surface area contributed by atoms with E-state index in [9.17, 15) is 10.2 Å². The summed E-state index contributed by atoms with van der Waals surface area (Å²) in [5.74, 6) is 0.735. The highest BCUT2D eigenvalue weighted by Gasteiger charge is 2.31. The summed E-state index contributed by atoms with van der Waals surface area (Å²) in [5.41, 5.74) is 4.46. The molecular formula is C16H20O2. The van der Waals surface area contributed by atoms with Crippen molar-refractivity contribution in [1.82, 2.24) is 0 Å². The molecule has 0 amide bonds. The lowest BCUT2D eigenvalue weighted by Gasteiger charge is -2.33. The molecule has 0 saturated heterocycles. The third-order valence-corrected chi connectivity index (χ3v) is 3.56. The summed E-state index contributed by atoms with van der Waals surface area (Å²) in [7, 11) is 0. The van der Waals surface area contributed by atoms with Crippen LogP contribution in [0.1, 0.15) is 38.3 Å². The first-order valence-electron chi connectivity index (χ1n) is 6.22. The molecule has 1 aromatic rings. The van der Waals surface area contributed by atoms with E-state index in [4.69, 9.17) is 0 Å². The van der Waals surface area contributed by atoms with Gasteiger partial charge in [-0.15, -0.1) is 0 Å². The van der Waals surface area contributed by atoms with E-state index in [0.29, 0.717) is 17.9 Å². The summed E-state index contributed by atoms with van der Waals surface area (Å²) in [5, 5.41) is 19.3. The minimum absolute atomic E-state index is 0.0926. The summed E-state index contributed by atoms with van der Waals surface area (Å²) >= 11 is 0. The predicted molar refractivity (Wildman–Crippen MR) is 74.5 cm³/mol. The molecule has 0 aliphatic heterocycles. The third-order valence-electron chi connectivity index (χ3n) is 3.56. The van der Waals surface area contributed by atoms with Crippen LogP contribution in [0.5, 0.6) is 5.75 Å². The lowest BCUT2D eigenvalue weighted by molar-refractivity contribution is 0.329. The van der Waals surface area contributed by atoms with Crippen molar-refractivity contribution in [2.45, 2.75) is 34.1 Å². The monoisotopic (exact) mass is 244 g/mol. The summed E-state index contributed by atoms with van der Waals surface area (Å²) < 4.78 is 0. The Morgan fingerprint density at radius 3 is 2.33 bits per heavy atom. The van der Waals surface area contributed by atoms with E-state index in [1.807, 2.05) is 26.0 Å². The molecule has 1 aliphatic carbocycles. The number of phenolic OH excluding ortho intramolecular Hbond substituents is 1. The van der Waals surface area contributed by atoms with Crippen LogP contribution in [0.2, 0.25) is 0 Å². The number of allylic oxidation sites excluding steroid dienone is 4.